The molecule has 0 atom stereocenters. The van der Waals surface area contributed by atoms with Gasteiger partial charge in [0.05, 0.1) is 5.39 Å². The number of hydrogen-bond donors (Lipinski definition) is 0. The van der Waals surface area contributed by atoms with Crippen LogP contribution < -0.4 is 5.56 Å². The summed E-state index contributed by atoms with van der Waals surface area (Å²) in [5.74, 6) is -0.840. The summed E-state index contributed by atoms with van der Waals surface area (Å²) >= 11 is 0.539. The Labute approximate surface area is 159 Å². The molecule has 4 aromatic heterocycles. The van der Waals surface area contributed by atoms with Gasteiger partial charge in [0, 0.05) is 18.8 Å². The zero-order valence-electron chi connectivity index (χ0n) is 14.4. The number of alkyl halides is 3. The zero-order chi connectivity index (χ0) is 20.1. The van der Waals surface area contributed by atoms with E-state index in [2.05, 4.69) is 4.98 Å². The van der Waals surface area contributed by atoms with Gasteiger partial charge in [-0.05, 0) is 29.6 Å². The van der Waals surface area contributed by atoms with Gasteiger partial charge >= 0.3 is 12.1 Å². The molecule has 0 fully saturated rings. The normalized spacial score (nSPS) is 12.0. The average molecular weight is 407 g/mol. The van der Waals surface area contributed by atoms with Crippen molar-refractivity contribution in [2.24, 2.45) is 7.05 Å². The summed E-state index contributed by atoms with van der Waals surface area (Å²) in [4.78, 5) is 28.6. The number of fused-ring (bicyclic) bond motifs is 2. The van der Waals surface area contributed by atoms with Gasteiger partial charge < -0.3 is 9.30 Å². The van der Waals surface area contributed by atoms with E-state index in [4.69, 9.17) is 4.74 Å². The monoisotopic (exact) mass is 407 g/mol. The first-order valence-corrected chi connectivity index (χ1v) is 8.93. The van der Waals surface area contributed by atoms with Crippen molar-refractivity contribution in [3.05, 3.63) is 68.4 Å². The molecule has 144 valence electrons. The van der Waals surface area contributed by atoms with Gasteiger partial charge in [0.1, 0.15) is 28.5 Å². The quantitative estimate of drug-likeness (QED) is 0.487. The van der Waals surface area contributed by atoms with Gasteiger partial charge in [-0.25, -0.2) is 9.78 Å². The molecular weight excluding hydrogens is 395 g/mol. The van der Waals surface area contributed by atoms with Crippen LogP contribution in [0.15, 0.2) is 46.7 Å². The number of pyridine rings is 1. The third kappa shape index (κ3) is 2.95. The number of aryl methyl sites for hydroxylation is 1. The minimum absolute atomic E-state index is 0.0271. The summed E-state index contributed by atoms with van der Waals surface area (Å²) < 4.78 is 46.6. The number of carbonyl (C=O) groups excluding carboxylic acids is 1. The standard InChI is InChI=1S/C18H12F3N3O3S/c1-23-12(17(26)27-9-10-5-7-28-14(10)18(19,20)21)8-11-15(23)22-13-4-2-3-6-24(13)16(11)25/h2-8H,9H2,1H3. The molecule has 0 radical (unpaired) electrons. The third-order valence-corrected chi connectivity index (χ3v) is 5.28. The summed E-state index contributed by atoms with van der Waals surface area (Å²) in [7, 11) is 1.54. The van der Waals surface area contributed by atoms with Gasteiger partial charge in [0.2, 0.25) is 0 Å². The highest BCUT2D eigenvalue weighted by Crippen LogP contribution is 2.36. The predicted octanol–water partition coefficient (Wildman–Crippen LogP) is 3.62. The van der Waals surface area contributed by atoms with Gasteiger partial charge in [-0.3, -0.25) is 9.20 Å². The third-order valence-electron chi connectivity index (χ3n) is 4.28. The van der Waals surface area contributed by atoms with Crippen molar-refractivity contribution >= 4 is 34.0 Å². The van der Waals surface area contributed by atoms with Crippen LogP contribution in [-0.4, -0.2) is 19.9 Å². The maximum absolute atomic E-state index is 12.9. The van der Waals surface area contributed by atoms with Crippen molar-refractivity contribution in [1.29, 1.82) is 0 Å². The van der Waals surface area contributed by atoms with Crippen LogP contribution in [0.1, 0.15) is 20.9 Å². The number of nitrogens with zero attached hydrogens (tertiary/aromatic N) is 3. The highest BCUT2D eigenvalue weighted by Gasteiger charge is 2.35. The lowest BCUT2D eigenvalue weighted by Gasteiger charge is -2.09. The van der Waals surface area contributed by atoms with Gasteiger partial charge in [0.15, 0.2) is 0 Å². The largest absolute Gasteiger partial charge is 0.456 e. The van der Waals surface area contributed by atoms with E-state index >= 15 is 0 Å². The van der Waals surface area contributed by atoms with Gasteiger partial charge in [-0.1, -0.05) is 6.07 Å². The van der Waals surface area contributed by atoms with Crippen molar-refractivity contribution in [2.75, 3.05) is 0 Å². The van der Waals surface area contributed by atoms with Crippen LogP contribution >= 0.6 is 11.3 Å². The van der Waals surface area contributed by atoms with E-state index < -0.39 is 23.6 Å². The minimum atomic E-state index is -4.51. The summed E-state index contributed by atoms with van der Waals surface area (Å²) in [6, 6.07) is 7.67. The Hall–Kier alpha value is -3.14. The second-order valence-corrected chi connectivity index (χ2v) is 6.94. The Morgan fingerprint density at radius 2 is 2.07 bits per heavy atom. The van der Waals surface area contributed by atoms with Crippen molar-refractivity contribution in [1.82, 2.24) is 14.0 Å². The number of esters is 1. The van der Waals surface area contributed by atoms with Crippen molar-refractivity contribution < 1.29 is 22.7 Å². The molecule has 4 heterocycles. The van der Waals surface area contributed by atoms with E-state index in [1.54, 1.807) is 24.4 Å². The number of halogens is 3. The molecule has 10 heteroatoms. The summed E-state index contributed by atoms with van der Waals surface area (Å²) in [6.45, 7) is -0.521. The fraction of sp³-hybridized carbons (Fsp3) is 0.167. The van der Waals surface area contributed by atoms with Gasteiger partial charge in [0.25, 0.3) is 5.56 Å². The van der Waals surface area contributed by atoms with E-state index in [1.165, 1.54) is 33.5 Å². The lowest BCUT2D eigenvalue weighted by Crippen LogP contribution is -2.14. The van der Waals surface area contributed by atoms with Crippen LogP contribution in [0, 0.1) is 0 Å². The van der Waals surface area contributed by atoms with Crippen LogP contribution in [0.5, 0.6) is 0 Å². The van der Waals surface area contributed by atoms with E-state index in [0.29, 0.717) is 17.0 Å². The second-order valence-electron chi connectivity index (χ2n) is 6.02. The van der Waals surface area contributed by atoms with E-state index in [1.807, 2.05) is 0 Å². The molecule has 28 heavy (non-hydrogen) atoms. The maximum Gasteiger partial charge on any atom is 0.425 e. The number of thiophene rings is 1. The molecule has 0 amide bonds. The zero-order valence-corrected chi connectivity index (χ0v) is 15.2. The smallest absolute Gasteiger partial charge is 0.425 e. The molecule has 6 nitrogen and oxygen atoms in total. The van der Waals surface area contributed by atoms with E-state index in [9.17, 15) is 22.8 Å². The SMILES string of the molecule is Cn1c(C(=O)OCc2ccsc2C(F)(F)F)cc2c(=O)n3ccccc3nc21. The molecule has 0 saturated carbocycles. The maximum atomic E-state index is 12.9. The summed E-state index contributed by atoms with van der Waals surface area (Å²) in [5, 5.41) is 1.50. The van der Waals surface area contributed by atoms with Crippen molar-refractivity contribution in [2.45, 2.75) is 12.8 Å². The summed E-state index contributed by atoms with van der Waals surface area (Å²) in [5.41, 5.74) is 0.254. The average Bonchev–Trinajstić information content (AvgIpc) is 3.25. The molecular formula is C18H12F3N3O3S. The number of aromatic nitrogens is 3. The topological polar surface area (TPSA) is 65.6 Å². The molecule has 0 aliphatic rings. The molecule has 0 spiro atoms. The molecule has 0 N–H and O–H groups in total. The first kappa shape index (κ1) is 18.2. The molecule has 0 aliphatic heterocycles. The Bertz CT molecular complexity index is 1270. The molecule has 0 aliphatic carbocycles. The Morgan fingerprint density at radius 1 is 1.29 bits per heavy atom. The number of ether oxygens (including phenoxy) is 1. The minimum Gasteiger partial charge on any atom is -0.456 e. The highest BCUT2D eigenvalue weighted by molar-refractivity contribution is 7.10. The number of rotatable bonds is 3. The second kappa shape index (κ2) is 6.48. The van der Waals surface area contributed by atoms with Crippen LogP contribution in [0.25, 0.3) is 16.7 Å². The highest BCUT2D eigenvalue weighted by atomic mass is 32.1. The van der Waals surface area contributed by atoms with Crippen LogP contribution in [0.2, 0.25) is 0 Å². The fourth-order valence-electron chi connectivity index (χ4n) is 2.93. The Balaban J connectivity index is 1.68. The molecule has 0 bridgehead atoms. The van der Waals surface area contributed by atoms with E-state index in [-0.39, 0.29) is 27.9 Å². The van der Waals surface area contributed by atoms with E-state index in [0.717, 1.165) is 0 Å². The number of hydrogen-bond acceptors (Lipinski definition) is 5. The molecule has 0 aromatic carbocycles. The molecule has 4 rings (SSSR count). The van der Waals surface area contributed by atoms with Crippen molar-refractivity contribution in [3.63, 3.8) is 0 Å². The predicted molar refractivity (Wildman–Crippen MR) is 96.4 cm³/mol. The molecule has 0 unspecified atom stereocenters. The summed E-state index contributed by atoms with van der Waals surface area (Å²) in [6.07, 6.45) is -2.95. The Morgan fingerprint density at radius 3 is 2.82 bits per heavy atom. The lowest BCUT2D eigenvalue weighted by molar-refractivity contribution is -0.135. The Kier molecular flexibility index (Phi) is 4.22. The van der Waals surface area contributed by atoms with Gasteiger partial charge in [-0.15, -0.1) is 11.3 Å². The van der Waals surface area contributed by atoms with Crippen LogP contribution in [0.3, 0.4) is 0 Å². The lowest BCUT2D eigenvalue weighted by atomic mass is 10.2. The van der Waals surface area contributed by atoms with Crippen LogP contribution in [0.4, 0.5) is 13.2 Å². The molecule has 0 saturated heterocycles. The van der Waals surface area contributed by atoms with Gasteiger partial charge in [-0.2, -0.15) is 13.2 Å². The fourth-order valence-corrected chi connectivity index (χ4v) is 3.71. The first-order valence-electron chi connectivity index (χ1n) is 8.05. The first-order chi connectivity index (χ1) is 13.3. The van der Waals surface area contributed by atoms with Crippen molar-refractivity contribution in [3.8, 4) is 0 Å². The van der Waals surface area contributed by atoms with Crippen LogP contribution in [-0.2, 0) is 24.6 Å². The molecule has 4 aromatic rings. The number of carbonyl (C=O) groups is 1.